The highest BCUT2D eigenvalue weighted by atomic mass is 16.3. The number of hydrogen-bond acceptors (Lipinski definition) is 4. The van der Waals surface area contributed by atoms with Crippen molar-refractivity contribution < 1.29 is 5.11 Å². The molecule has 0 bridgehead atoms. The number of benzene rings is 1. The van der Waals surface area contributed by atoms with Gasteiger partial charge in [-0.1, -0.05) is 6.07 Å². The van der Waals surface area contributed by atoms with Crippen molar-refractivity contribution in [2.24, 2.45) is 0 Å². The minimum atomic E-state index is 0.178. The summed E-state index contributed by atoms with van der Waals surface area (Å²) in [6, 6.07) is 6.89. The van der Waals surface area contributed by atoms with E-state index in [0.717, 1.165) is 19.1 Å². The minimum absolute atomic E-state index is 0.178. The van der Waals surface area contributed by atoms with Gasteiger partial charge in [-0.3, -0.25) is 9.80 Å². The van der Waals surface area contributed by atoms with E-state index < -0.39 is 0 Å². The Hall–Kier alpha value is -1.26. The SMILES string of the molecule is CC1CN2CCCC2CN1Cc1ccc(O)c(N)c1. The molecule has 0 aliphatic carbocycles. The van der Waals surface area contributed by atoms with E-state index in [2.05, 4.69) is 16.7 Å². The van der Waals surface area contributed by atoms with Crippen LogP contribution < -0.4 is 5.73 Å². The summed E-state index contributed by atoms with van der Waals surface area (Å²) in [5.74, 6) is 0.178. The molecule has 2 aliphatic heterocycles. The van der Waals surface area contributed by atoms with Crippen molar-refractivity contribution in [2.45, 2.75) is 38.4 Å². The molecule has 104 valence electrons. The monoisotopic (exact) mass is 261 g/mol. The van der Waals surface area contributed by atoms with E-state index in [1.165, 1.54) is 31.5 Å². The van der Waals surface area contributed by atoms with Crippen molar-refractivity contribution in [3.8, 4) is 5.75 Å². The number of hydrogen-bond donors (Lipinski definition) is 2. The second kappa shape index (κ2) is 5.02. The van der Waals surface area contributed by atoms with Crippen LogP contribution in [0.1, 0.15) is 25.3 Å². The van der Waals surface area contributed by atoms with Crippen LogP contribution in [0.25, 0.3) is 0 Å². The maximum atomic E-state index is 9.48. The van der Waals surface area contributed by atoms with Crippen molar-refractivity contribution in [3.05, 3.63) is 23.8 Å². The number of rotatable bonds is 2. The van der Waals surface area contributed by atoms with E-state index in [1.54, 1.807) is 6.07 Å². The van der Waals surface area contributed by atoms with Gasteiger partial charge in [-0.15, -0.1) is 0 Å². The Morgan fingerprint density at radius 2 is 2.21 bits per heavy atom. The maximum Gasteiger partial charge on any atom is 0.138 e. The van der Waals surface area contributed by atoms with E-state index in [0.29, 0.717) is 11.7 Å². The first-order valence-corrected chi connectivity index (χ1v) is 7.19. The molecule has 19 heavy (non-hydrogen) atoms. The van der Waals surface area contributed by atoms with Crippen molar-refractivity contribution in [3.63, 3.8) is 0 Å². The first-order chi connectivity index (χ1) is 9.13. The van der Waals surface area contributed by atoms with Crippen molar-refractivity contribution in [1.29, 1.82) is 0 Å². The highest BCUT2D eigenvalue weighted by Crippen LogP contribution is 2.27. The lowest BCUT2D eigenvalue weighted by molar-refractivity contribution is 0.0540. The Kier molecular flexibility index (Phi) is 3.37. The smallest absolute Gasteiger partial charge is 0.138 e. The maximum absolute atomic E-state index is 9.48. The third-order valence-electron chi connectivity index (χ3n) is 4.54. The minimum Gasteiger partial charge on any atom is -0.506 e. The van der Waals surface area contributed by atoms with Crippen molar-refractivity contribution >= 4 is 5.69 Å². The van der Waals surface area contributed by atoms with Gasteiger partial charge < -0.3 is 10.8 Å². The Morgan fingerprint density at radius 3 is 3.00 bits per heavy atom. The average Bonchev–Trinajstić information content (AvgIpc) is 2.81. The molecule has 4 heteroatoms. The van der Waals surface area contributed by atoms with Gasteiger partial charge in [0.1, 0.15) is 5.75 Å². The van der Waals surface area contributed by atoms with Crippen LogP contribution in [0.4, 0.5) is 5.69 Å². The summed E-state index contributed by atoms with van der Waals surface area (Å²) in [7, 11) is 0. The Balaban J connectivity index is 1.70. The lowest BCUT2D eigenvalue weighted by Gasteiger charge is -2.42. The van der Waals surface area contributed by atoms with Crippen LogP contribution in [0.5, 0.6) is 5.75 Å². The van der Waals surface area contributed by atoms with Gasteiger partial charge in [0.05, 0.1) is 5.69 Å². The van der Waals surface area contributed by atoms with Crippen molar-refractivity contribution in [2.75, 3.05) is 25.4 Å². The second-order valence-corrected chi connectivity index (χ2v) is 5.96. The second-order valence-electron chi connectivity index (χ2n) is 5.96. The summed E-state index contributed by atoms with van der Waals surface area (Å²) in [6.07, 6.45) is 2.68. The van der Waals surface area contributed by atoms with E-state index in [1.807, 2.05) is 12.1 Å². The van der Waals surface area contributed by atoms with Crippen LogP contribution in [-0.2, 0) is 6.54 Å². The number of fused-ring (bicyclic) bond motifs is 1. The molecule has 2 fully saturated rings. The van der Waals surface area contributed by atoms with Crippen LogP contribution in [0.15, 0.2) is 18.2 Å². The van der Waals surface area contributed by atoms with Gasteiger partial charge in [0.15, 0.2) is 0 Å². The third kappa shape index (κ3) is 2.55. The van der Waals surface area contributed by atoms with E-state index >= 15 is 0 Å². The quantitative estimate of drug-likeness (QED) is 0.628. The molecule has 0 spiro atoms. The number of anilines is 1. The van der Waals surface area contributed by atoms with Gasteiger partial charge in [-0.2, -0.15) is 0 Å². The predicted molar refractivity (Wildman–Crippen MR) is 77.0 cm³/mol. The zero-order chi connectivity index (χ0) is 13.4. The first kappa shape index (κ1) is 12.8. The molecule has 2 aliphatic rings. The summed E-state index contributed by atoms with van der Waals surface area (Å²) in [5, 5.41) is 9.48. The number of nitrogen functional groups attached to an aromatic ring is 1. The molecule has 2 saturated heterocycles. The molecule has 3 N–H and O–H groups in total. The highest BCUT2D eigenvalue weighted by molar-refractivity contribution is 5.53. The number of phenolic OH excluding ortho intramolecular Hbond substituents is 1. The molecular formula is C15H23N3O. The van der Waals surface area contributed by atoms with E-state index in [9.17, 15) is 5.11 Å². The van der Waals surface area contributed by atoms with Crippen molar-refractivity contribution in [1.82, 2.24) is 9.80 Å². The molecule has 1 aromatic rings. The van der Waals surface area contributed by atoms with Gasteiger partial charge in [-0.05, 0) is 44.0 Å². The molecule has 0 amide bonds. The Labute approximate surface area is 114 Å². The number of aromatic hydroxyl groups is 1. The summed E-state index contributed by atoms with van der Waals surface area (Å²) < 4.78 is 0. The van der Waals surface area contributed by atoms with Gasteiger partial charge in [0.2, 0.25) is 0 Å². The predicted octanol–water partition coefficient (Wildman–Crippen LogP) is 1.64. The number of piperazine rings is 1. The fourth-order valence-corrected chi connectivity index (χ4v) is 3.40. The normalized spacial score (nSPS) is 28.5. The van der Waals surface area contributed by atoms with Crippen LogP contribution in [0, 0.1) is 0 Å². The molecule has 2 unspecified atom stereocenters. The summed E-state index contributed by atoms with van der Waals surface area (Å²) in [5.41, 5.74) is 7.43. The van der Waals surface area contributed by atoms with Gasteiger partial charge >= 0.3 is 0 Å². The number of nitrogens with two attached hydrogens (primary N) is 1. The van der Waals surface area contributed by atoms with Gasteiger partial charge in [0.25, 0.3) is 0 Å². The van der Waals surface area contributed by atoms with Gasteiger partial charge in [0, 0.05) is 31.7 Å². The molecule has 4 nitrogen and oxygen atoms in total. The number of phenols is 1. The molecular weight excluding hydrogens is 238 g/mol. The molecule has 1 aromatic carbocycles. The first-order valence-electron chi connectivity index (χ1n) is 7.19. The average molecular weight is 261 g/mol. The van der Waals surface area contributed by atoms with Gasteiger partial charge in [-0.25, -0.2) is 0 Å². The topological polar surface area (TPSA) is 52.7 Å². The summed E-state index contributed by atoms with van der Waals surface area (Å²) >= 11 is 0. The fraction of sp³-hybridized carbons (Fsp3) is 0.600. The van der Waals surface area contributed by atoms with Crippen LogP contribution in [0.2, 0.25) is 0 Å². The lowest BCUT2D eigenvalue weighted by Crippen LogP contribution is -2.54. The zero-order valence-corrected chi connectivity index (χ0v) is 11.5. The van der Waals surface area contributed by atoms with E-state index in [4.69, 9.17) is 5.73 Å². The van der Waals surface area contributed by atoms with E-state index in [-0.39, 0.29) is 5.75 Å². The Bertz CT molecular complexity index is 463. The third-order valence-corrected chi connectivity index (χ3v) is 4.54. The summed E-state index contributed by atoms with van der Waals surface area (Å²) in [4.78, 5) is 5.17. The molecule has 2 atom stereocenters. The van der Waals surface area contributed by atoms with Crippen LogP contribution >= 0.6 is 0 Å². The summed E-state index contributed by atoms with van der Waals surface area (Å²) in [6.45, 7) is 6.84. The molecule has 3 rings (SSSR count). The highest BCUT2D eigenvalue weighted by Gasteiger charge is 2.34. The zero-order valence-electron chi connectivity index (χ0n) is 11.5. The Morgan fingerprint density at radius 1 is 1.37 bits per heavy atom. The molecule has 0 aromatic heterocycles. The molecule has 0 radical (unpaired) electrons. The van der Waals surface area contributed by atoms with Crippen LogP contribution in [0.3, 0.4) is 0 Å². The van der Waals surface area contributed by atoms with Crippen LogP contribution in [-0.4, -0.2) is 46.6 Å². The lowest BCUT2D eigenvalue weighted by atomic mass is 10.1. The largest absolute Gasteiger partial charge is 0.506 e. The number of nitrogens with zero attached hydrogens (tertiary/aromatic N) is 2. The molecule has 2 heterocycles. The molecule has 0 saturated carbocycles. The fourth-order valence-electron chi connectivity index (χ4n) is 3.40. The standard InChI is InChI=1S/C15H23N3O/c1-11-8-17-6-2-3-13(17)10-18(11)9-12-4-5-15(19)14(16)7-12/h4-5,7,11,13,19H,2-3,6,8-10,16H2,1H3.